The highest BCUT2D eigenvalue weighted by molar-refractivity contribution is 5.98. The number of carbonyl (C=O) groups is 1. The molecule has 0 amide bonds. The average Bonchev–Trinajstić information content (AvgIpc) is 2.64. The number of ketones is 1. The van der Waals surface area contributed by atoms with Gasteiger partial charge in [0.2, 0.25) is 0 Å². The molecule has 130 valence electrons. The van der Waals surface area contributed by atoms with E-state index in [9.17, 15) is 14.4 Å². The third-order valence-electron chi connectivity index (χ3n) is 3.71. The summed E-state index contributed by atoms with van der Waals surface area (Å²) in [4.78, 5) is 37.1. The van der Waals surface area contributed by atoms with Gasteiger partial charge in [0, 0.05) is 18.8 Å². The summed E-state index contributed by atoms with van der Waals surface area (Å²) >= 11 is 0. The van der Waals surface area contributed by atoms with Crippen molar-refractivity contribution in [3.63, 3.8) is 0 Å². The van der Waals surface area contributed by atoms with Crippen LogP contribution < -0.4 is 20.7 Å². The molecule has 2 rings (SSSR count). The summed E-state index contributed by atoms with van der Waals surface area (Å²) in [6.45, 7) is 1.48. The summed E-state index contributed by atoms with van der Waals surface area (Å²) < 4.78 is 12.2. The highest BCUT2D eigenvalue weighted by Gasteiger charge is 2.18. The summed E-state index contributed by atoms with van der Waals surface area (Å²) in [7, 11) is 2.88. The Morgan fingerprint density at radius 2 is 1.96 bits per heavy atom. The van der Waals surface area contributed by atoms with E-state index in [1.165, 1.54) is 37.1 Å². The molecule has 1 aromatic heterocycles. The quantitative estimate of drug-likeness (QED) is 0.719. The molecule has 0 saturated carbocycles. The Hall–Kier alpha value is -3.34. The van der Waals surface area contributed by atoms with E-state index in [-0.39, 0.29) is 23.4 Å². The molecule has 0 saturated heterocycles. The summed E-state index contributed by atoms with van der Waals surface area (Å²) in [5, 5.41) is 9.05. The number of benzene rings is 1. The van der Waals surface area contributed by atoms with Crippen molar-refractivity contribution in [1.82, 2.24) is 9.13 Å². The highest BCUT2D eigenvalue weighted by atomic mass is 16.5. The third-order valence-corrected chi connectivity index (χ3v) is 3.71. The molecule has 8 heteroatoms. The van der Waals surface area contributed by atoms with Crippen molar-refractivity contribution in [2.24, 2.45) is 0 Å². The molecular formula is C17H17N3O5. The van der Waals surface area contributed by atoms with Crippen molar-refractivity contribution in [1.29, 1.82) is 5.26 Å². The minimum atomic E-state index is -0.793. The first-order chi connectivity index (χ1) is 12.0. The van der Waals surface area contributed by atoms with Gasteiger partial charge in [-0.05, 0) is 19.1 Å². The van der Waals surface area contributed by atoms with Crippen LogP contribution in [-0.2, 0) is 13.1 Å². The first-order valence-electron chi connectivity index (χ1n) is 7.46. The van der Waals surface area contributed by atoms with E-state index >= 15 is 0 Å². The van der Waals surface area contributed by atoms with Gasteiger partial charge >= 0.3 is 5.69 Å². The van der Waals surface area contributed by atoms with Gasteiger partial charge in [0.1, 0.15) is 23.1 Å². The maximum Gasteiger partial charge on any atom is 0.331 e. The molecule has 0 unspecified atom stereocenters. The van der Waals surface area contributed by atoms with E-state index in [4.69, 9.17) is 14.7 Å². The van der Waals surface area contributed by atoms with E-state index in [2.05, 4.69) is 0 Å². The normalized spacial score (nSPS) is 10.2. The molecule has 0 N–H and O–H groups in total. The molecule has 25 heavy (non-hydrogen) atoms. The average molecular weight is 343 g/mol. The van der Waals surface area contributed by atoms with E-state index in [1.54, 1.807) is 19.1 Å². The van der Waals surface area contributed by atoms with Gasteiger partial charge in [-0.25, -0.2) is 4.79 Å². The van der Waals surface area contributed by atoms with Crippen molar-refractivity contribution >= 4 is 5.78 Å². The van der Waals surface area contributed by atoms with Crippen LogP contribution in [0.3, 0.4) is 0 Å². The van der Waals surface area contributed by atoms with Crippen LogP contribution in [0.2, 0.25) is 0 Å². The van der Waals surface area contributed by atoms with Crippen molar-refractivity contribution in [2.75, 3.05) is 14.2 Å². The van der Waals surface area contributed by atoms with Gasteiger partial charge in [0.25, 0.3) is 5.56 Å². The van der Waals surface area contributed by atoms with Crippen LogP contribution in [0.25, 0.3) is 0 Å². The van der Waals surface area contributed by atoms with E-state index in [1.807, 2.05) is 0 Å². The van der Waals surface area contributed by atoms with Crippen molar-refractivity contribution < 1.29 is 14.3 Å². The largest absolute Gasteiger partial charge is 0.497 e. The maximum atomic E-state index is 12.6. The van der Waals surface area contributed by atoms with Gasteiger partial charge in [0.05, 0.1) is 26.3 Å². The Morgan fingerprint density at radius 3 is 2.52 bits per heavy atom. The first kappa shape index (κ1) is 18.0. The number of aromatic nitrogens is 2. The third kappa shape index (κ3) is 3.45. The number of aryl methyl sites for hydroxylation is 1. The van der Waals surface area contributed by atoms with Gasteiger partial charge in [-0.15, -0.1) is 0 Å². The molecule has 0 fully saturated rings. The fourth-order valence-electron chi connectivity index (χ4n) is 2.35. The Kier molecular flexibility index (Phi) is 5.39. The number of carbonyl (C=O) groups excluding carboxylic acids is 1. The van der Waals surface area contributed by atoms with Gasteiger partial charge in [-0.3, -0.25) is 18.7 Å². The lowest BCUT2D eigenvalue weighted by Crippen LogP contribution is -2.42. The lowest BCUT2D eigenvalue weighted by molar-refractivity contribution is 0.0965. The number of hydrogen-bond acceptors (Lipinski definition) is 6. The van der Waals surface area contributed by atoms with Crippen molar-refractivity contribution in [3.05, 3.63) is 56.4 Å². The standard InChI is InChI=1S/C17H17N3O5/c1-4-19-9-11(8-18)16(22)20(17(19)23)10-14(21)13-6-5-12(24-2)7-15(13)25-3/h5-7,9H,4,10H2,1-3H3. The zero-order chi connectivity index (χ0) is 18.6. The lowest BCUT2D eigenvalue weighted by Gasteiger charge is -2.11. The predicted octanol–water partition coefficient (Wildman–Crippen LogP) is 0.802. The molecule has 2 aromatic rings. The molecule has 0 aliphatic heterocycles. The Balaban J connectivity index is 2.51. The fourth-order valence-corrected chi connectivity index (χ4v) is 2.35. The van der Waals surface area contributed by atoms with Crippen LogP contribution in [-0.4, -0.2) is 29.1 Å². The molecule has 8 nitrogen and oxygen atoms in total. The Morgan fingerprint density at radius 1 is 1.24 bits per heavy atom. The topological polar surface area (TPSA) is 103 Å². The van der Waals surface area contributed by atoms with Crippen LogP contribution in [0, 0.1) is 11.3 Å². The maximum absolute atomic E-state index is 12.6. The van der Waals surface area contributed by atoms with E-state index < -0.39 is 23.6 Å². The fraction of sp³-hybridized carbons (Fsp3) is 0.294. The SMILES string of the molecule is CCn1cc(C#N)c(=O)n(CC(=O)c2ccc(OC)cc2OC)c1=O. The summed E-state index contributed by atoms with van der Waals surface area (Å²) in [5.74, 6) is 0.284. The van der Waals surface area contributed by atoms with Crippen molar-refractivity contribution in [2.45, 2.75) is 20.0 Å². The van der Waals surface area contributed by atoms with E-state index in [0.29, 0.717) is 5.75 Å². The number of ether oxygens (including phenoxy) is 2. The van der Waals surface area contributed by atoms with Crippen LogP contribution >= 0.6 is 0 Å². The number of hydrogen-bond donors (Lipinski definition) is 0. The predicted molar refractivity (Wildman–Crippen MR) is 89.2 cm³/mol. The lowest BCUT2D eigenvalue weighted by atomic mass is 10.1. The molecule has 1 heterocycles. The second kappa shape index (κ2) is 7.49. The highest BCUT2D eigenvalue weighted by Crippen LogP contribution is 2.25. The summed E-state index contributed by atoms with van der Waals surface area (Å²) in [5.41, 5.74) is -1.43. The molecular weight excluding hydrogens is 326 g/mol. The minimum absolute atomic E-state index is 0.198. The molecule has 1 aromatic carbocycles. The summed E-state index contributed by atoms with van der Waals surface area (Å²) in [6, 6.07) is 6.35. The monoisotopic (exact) mass is 343 g/mol. The van der Waals surface area contributed by atoms with Crippen LogP contribution in [0.1, 0.15) is 22.8 Å². The zero-order valence-corrected chi connectivity index (χ0v) is 14.1. The zero-order valence-electron chi connectivity index (χ0n) is 14.1. The van der Waals surface area contributed by atoms with Crippen LogP contribution in [0.5, 0.6) is 11.5 Å². The second-order valence-corrected chi connectivity index (χ2v) is 5.10. The van der Waals surface area contributed by atoms with E-state index in [0.717, 1.165) is 4.57 Å². The van der Waals surface area contributed by atoms with Gasteiger partial charge in [0.15, 0.2) is 5.78 Å². The Bertz CT molecular complexity index is 966. The number of methoxy groups -OCH3 is 2. The Labute approximate surface area is 143 Å². The van der Waals surface area contributed by atoms with Crippen LogP contribution in [0.4, 0.5) is 0 Å². The summed E-state index contributed by atoms with van der Waals surface area (Å²) in [6.07, 6.45) is 1.19. The van der Waals surface area contributed by atoms with Crippen LogP contribution in [0.15, 0.2) is 34.0 Å². The number of rotatable bonds is 6. The van der Waals surface area contributed by atoms with Crippen molar-refractivity contribution in [3.8, 4) is 17.6 Å². The minimum Gasteiger partial charge on any atom is -0.497 e. The molecule has 0 atom stereocenters. The number of Topliss-reactive ketones (excluding diaryl/α,β-unsaturated/α-hetero) is 1. The molecule has 0 bridgehead atoms. The molecule has 0 spiro atoms. The number of nitrogens with zero attached hydrogens (tertiary/aromatic N) is 3. The smallest absolute Gasteiger partial charge is 0.331 e. The number of nitriles is 1. The first-order valence-corrected chi connectivity index (χ1v) is 7.46. The van der Waals surface area contributed by atoms with Gasteiger partial charge < -0.3 is 9.47 Å². The second-order valence-electron chi connectivity index (χ2n) is 5.10. The molecule has 0 radical (unpaired) electrons. The van der Waals surface area contributed by atoms with Gasteiger partial charge in [-0.2, -0.15) is 5.26 Å². The molecule has 0 aliphatic carbocycles. The van der Waals surface area contributed by atoms with Gasteiger partial charge in [-0.1, -0.05) is 0 Å². The molecule has 0 aliphatic rings.